The van der Waals surface area contributed by atoms with E-state index in [1.165, 1.54) is 24.2 Å². The Bertz CT molecular complexity index is 851. The molecule has 1 aromatic carbocycles. The Morgan fingerprint density at radius 2 is 1.90 bits per heavy atom. The number of thiazole rings is 1. The summed E-state index contributed by atoms with van der Waals surface area (Å²) in [6, 6.07) is 6.32. The molecule has 1 N–H and O–H groups in total. The maximum atomic E-state index is 12.8. The first-order valence-electron chi connectivity index (χ1n) is 9.64. The molecule has 0 bridgehead atoms. The van der Waals surface area contributed by atoms with Gasteiger partial charge >= 0.3 is 0 Å². The van der Waals surface area contributed by atoms with Crippen LogP contribution in [0, 0.1) is 5.92 Å². The zero-order valence-electron chi connectivity index (χ0n) is 16.0. The number of ether oxygens (including phenoxy) is 2. The average molecular weight is 458 g/mol. The minimum Gasteiger partial charge on any atom is -0.454 e. The molecule has 0 atom stereocenters. The van der Waals surface area contributed by atoms with Gasteiger partial charge in [0.1, 0.15) is 10.7 Å². The summed E-state index contributed by atoms with van der Waals surface area (Å²) in [4.78, 5) is 19.3. The summed E-state index contributed by atoms with van der Waals surface area (Å²) in [6.07, 6.45) is 4.80. The molecule has 1 saturated carbocycles. The second kappa shape index (κ2) is 9.51. The van der Waals surface area contributed by atoms with Crippen LogP contribution in [0.5, 0.6) is 11.5 Å². The fourth-order valence-corrected chi connectivity index (χ4v) is 4.43. The summed E-state index contributed by atoms with van der Waals surface area (Å²) in [5.74, 6) is 2.43. The normalized spacial score (nSPS) is 18.1. The Labute approximate surface area is 186 Å². The third-order valence-electron chi connectivity index (χ3n) is 5.52. The second-order valence-corrected chi connectivity index (χ2v) is 8.38. The van der Waals surface area contributed by atoms with E-state index in [-0.39, 0.29) is 37.5 Å². The van der Waals surface area contributed by atoms with Gasteiger partial charge in [-0.2, -0.15) is 0 Å². The highest BCUT2D eigenvalue weighted by atomic mass is 35.5. The number of halogens is 2. The number of carbonyl (C=O) groups excluding carboxylic acids is 1. The van der Waals surface area contributed by atoms with Gasteiger partial charge in [-0.1, -0.05) is 0 Å². The van der Waals surface area contributed by atoms with Gasteiger partial charge in [-0.25, -0.2) is 4.98 Å². The van der Waals surface area contributed by atoms with Gasteiger partial charge in [-0.15, -0.1) is 36.2 Å². The average Bonchev–Trinajstić information content (AvgIpc) is 3.20. The van der Waals surface area contributed by atoms with Gasteiger partial charge in [-0.3, -0.25) is 4.79 Å². The number of nitrogens with zero attached hydrogens (tertiary/aromatic N) is 2. The van der Waals surface area contributed by atoms with Crippen LogP contribution >= 0.6 is 36.2 Å². The van der Waals surface area contributed by atoms with Crippen molar-refractivity contribution in [2.75, 3.05) is 26.4 Å². The van der Waals surface area contributed by atoms with Crippen LogP contribution in [0.15, 0.2) is 23.6 Å². The number of benzene rings is 1. The van der Waals surface area contributed by atoms with Gasteiger partial charge in [0.15, 0.2) is 11.5 Å². The number of likely N-dealkylation sites (tertiary alicyclic amines) is 1. The van der Waals surface area contributed by atoms with Crippen molar-refractivity contribution in [3.8, 4) is 22.1 Å². The first-order valence-corrected chi connectivity index (χ1v) is 10.5. The fourth-order valence-electron chi connectivity index (χ4n) is 3.64. The van der Waals surface area contributed by atoms with Gasteiger partial charge < -0.3 is 19.7 Å². The number of rotatable bonds is 5. The number of piperidine rings is 1. The predicted molar refractivity (Wildman–Crippen MR) is 118 cm³/mol. The molecule has 6 nitrogen and oxygen atoms in total. The van der Waals surface area contributed by atoms with E-state index in [1.807, 2.05) is 28.5 Å². The van der Waals surface area contributed by atoms with Gasteiger partial charge in [-0.05, 0) is 56.3 Å². The minimum absolute atomic E-state index is 0. The predicted octanol–water partition coefficient (Wildman–Crippen LogP) is 3.99. The lowest BCUT2D eigenvalue weighted by Gasteiger charge is -2.32. The topological polar surface area (TPSA) is 63.7 Å². The first-order chi connectivity index (χ1) is 13.3. The van der Waals surface area contributed by atoms with E-state index < -0.39 is 0 Å². The van der Waals surface area contributed by atoms with E-state index in [0.29, 0.717) is 11.7 Å². The molecule has 158 valence electrons. The van der Waals surface area contributed by atoms with Gasteiger partial charge in [0.25, 0.3) is 5.91 Å². The van der Waals surface area contributed by atoms with Crippen LogP contribution in [-0.4, -0.2) is 48.3 Å². The van der Waals surface area contributed by atoms with E-state index in [0.717, 1.165) is 60.5 Å². The molecule has 5 rings (SSSR count). The SMILES string of the molecule is Cl.Cl.O=C(c1csc(-c2ccc3c(c2)OCO3)n1)N1CCC(NCC2CC2)CC1. The van der Waals surface area contributed by atoms with Crippen molar-refractivity contribution in [3.05, 3.63) is 29.3 Å². The van der Waals surface area contributed by atoms with Crippen LogP contribution < -0.4 is 14.8 Å². The highest BCUT2D eigenvalue weighted by molar-refractivity contribution is 7.13. The van der Waals surface area contributed by atoms with E-state index in [9.17, 15) is 4.79 Å². The summed E-state index contributed by atoms with van der Waals surface area (Å²) < 4.78 is 10.8. The minimum atomic E-state index is 0. The van der Waals surface area contributed by atoms with Crippen molar-refractivity contribution in [2.24, 2.45) is 5.92 Å². The van der Waals surface area contributed by atoms with E-state index in [4.69, 9.17) is 9.47 Å². The standard InChI is InChI=1S/C20H23N3O3S.2ClH/c24-20(23-7-5-15(6-8-23)21-10-13-1-2-13)16-11-27-19(22-16)14-3-4-17-18(9-14)26-12-25-17;;/h3-4,9,11,13,15,21H,1-2,5-8,10,12H2;2*1H. The van der Waals surface area contributed by atoms with Crippen molar-refractivity contribution < 1.29 is 14.3 Å². The van der Waals surface area contributed by atoms with Gasteiger partial charge in [0.05, 0.1) is 0 Å². The summed E-state index contributed by atoms with van der Waals surface area (Å²) in [6.45, 7) is 3.01. The van der Waals surface area contributed by atoms with Crippen molar-refractivity contribution in [2.45, 2.75) is 31.7 Å². The van der Waals surface area contributed by atoms with Crippen molar-refractivity contribution in [1.29, 1.82) is 0 Å². The molecule has 1 amide bonds. The molecule has 1 saturated heterocycles. The van der Waals surface area contributed by atoms with E-state index in [1.54, 1.807) is 0 Å². The monoisotopic (exact) mass is 457 g/mol. The number of amides is 1. The molecule has 2 aliphatic heterocycles. The van der Waals surface area contributed by atoms with Crippen LogP contribution in [-0.2, 0) is 0 Å². The number of hydrogen-bond acceptors (Lipinski definition) is 6. The molecule has 9 heteroatoms. The molecule has 0 unspecified atom stereocenters. The van der Waals surface area contributed by atoms with Crippen molar-refractivity contribution >= 4 is 42.1 Å². The van der Waals surface area contributed by atoms with Crippen LogP contribution in [0.2, 0.25) is 0 Å². The van der Waals surface area contributed by atoms with E-state index in [2.05, 4.69) is 10.3 Å². The first kappa shape index (κ1) is 22.2. The molecule has 0 spiro atoms. The second-order valence-electron chi connectivity index (χ2n) is 7.52. The van der Waals surface area contributed by atoms with Crippen LogP contribution in [0.1, 0.15) is 36.2 Å². The van der Waals surface area contributed by atoms with E-state index >= 15 is 0 Å². The van der Waals surface area contributed by atoms with Crippen molar-refractivity contribution in [1.82, 2.24) is 15.2 Å². The Morgan fingerprint density at radius 1 is 1.14 bits per heavy atom. The zero-order chi connectivity index (χ0) is 18.2. The highest BCUT2D eigenvalue weighted by Gasteiger charge is 2.27. The lowest BCUT2D eigenvalue weighted by molar-refractivity contribution is 0.0700. The van der Waals surface area contributed by atoms with Crippen LogP contribution in [0.25, 0.3) is 10.6 Å². The maximum Gasteiger partial charge on any atom is 0.273 e. The molecule has 1 aromatic heterocycles. The molecule has 1 aliphatic carbocycles. The molecule has 3 aliphatic rings. The summed E-state index contributed by atoms with van der Waals surface area (Å²) >= 11 is 1.49. The molecular weight excluding hydrogens is 433 g/mol. The zero-order valence-corrected chi connectivity index (χ0v) is 18.4. The third-order valence-corrected chi connectivity index (χ3v) is 6.41. The van der Waals surface area contributed by atoms with Gasteiger partial charge in [0, 0.05) is 30.1 Å². The Balaban J connectivity index is 0.00000120. The Hall–Kier alpha value is -1.54. The number of aromatic nitrogens is 1. The van der Waals surface area contributed by atoms with Crippen LogP contribution in [0.4, 0.5) is 0 Å². The fraction of sp³-hybridized carbons (Fsp3) is 0.500. The van der Waals surface area contributed by atoms with Gasteiger partial charge in [0.2, 0.25) is 6.79 Å². The summed E-state index contributed by atoms with van der Waals surface area (Å²) in [7, 11) is 0. The summed E-state index contributed by atoms with van der Waals surface area (Å²) in [5.41, 5.74) is 1.49. The molecule has 2 aromatic rings. The summed E-state index contributed by atoms with van der Waals surface area (Å²) in [5, 5.41) is 6.35. The Kier molecular flexibility index (Phi) is 7.27. The quantitative estimate of drug-likeness (QED) is 0.735. The molecule has 29 heavy (non-hydrogen) atoms. The highest BCUT2D eigenvalue weighted by Crippen LogP contribution is 2.36. The van der Waals surface area contributed by atoms with Crippen molar-refractivity contribution in [3.63, 3.8) is 0 Å². The molecule has 2 fully saturated rings. The molecule has 0 radical (unpaired) electrons. The maximum absolute atomic E-state index is 12.8. The number of hydrogen-bond donors (Lipinski definition) is 1. The lowest BCUT2D eigenvalue weighted by atomic mass is 10.0. The number of fused-ring (bicyclic) bond motifs is 1. The lowest BCUT2D eigenvalue weighted by Crippen LogP contribution is -2.45. The van der Waals surface area contributed by atoms with Crippen LogP contribution in [0.3, 0.4) is 0 Å². The third kappa shape index (κ3) is 4.97. The smallest absolute Gasteiger partial charge is 0.273 e. The largest absolute Gasteiger partial charge is 0.454 e. The number of carbonyl (C=O) groups is 1. The molecule has 3 heterocycles. The Morgan fingerprint density at radius 3 is 2.66 bits per heavy atom. The molecular formula is C20H25Cl2N3O3S. The number of nitrogens with one attached hydrogen (secondary N) is 1.